The Morgan fingerprint density at radius 1 is 1.12 bits per heavy atom. The van der Waals surface area contributed by atoms with Crippen LogP contribution in [-0.4, -0.2) is 36.1 Å². The largest absolute Gasteiger partial charge is 0.368 e. The molecule has 0 saturated carbocycles. The molecule has 0 atom stereocenters. The summed E-state index contributed by atoms with van der Waals surface area (Å²) in [5, 5.41) is 12.1. The molecule has 3 N–H and O–H groups in total. The van der Waals surface area contributed by atoms with Gasteiger partial charge in [0.25, 0.3) is 0 Å². The van der Waals surface area contributed by atoms with Crippen molar-refractivity contribution in [3.8, 4) is 0 Å². The highest BCUT2D eigenvalue weighted by Gasteiger charge is 2.02. The number of thiazole rings is 1. The van der Waals surface area contributed by atoms with Crippen molar-refractivity contribution in [1.29, 1.82) is 0 Å². The molecular formula is C18H23IN6S. The van der Waals surface area contributed by atoms with E-state index in [1.807, 2.05) is 30.5 Å². The van der Waals surface area contributed by atoms with Crippen molar-refractivity contribution in [2.45, 2.75) is 13.5 Å². The quantitative estimate of drug-likeness (QED) is 0.218. The zero-order chi connectivity index (χ0) is 17.5. The lowest BCUT2D eigenvalue weighted by atomic mass is 10.2. The third kappa shape index (κ3) is 5.80. The van der Waals surface area contributed by atoms with E-state index in [4.69, 9.17) is 0 Å². The van der Waals surface area contributed by atoms with E-state index in [-0.39, 0.29) is 24.0 Å². The van der Waals surface area contributed by atoms with E-state index in [0.717, 1.165) is 40.8 Å². The molecule has 1 aromatic carbocycles. The number of halogens is 1. The van der Waals surface area contributed by atoms with Gasteiger partial charge in [0.2, 0.25) is 0 Å². The summed E-state index contributed by atoms with van der Waals surface area (Å²) in [6.07, 6.45) is 1.89. The van der Waals surface area contributed by atoms with Gasteiger partial charge in [0.1, 0.15) is 10.8 Å². The Hall–Kier alpha value is -1.94. The van der Waals surface area contributed by atoms with Crippen LogP contribution in [0.1, 0.15) is 9.88 Å². The lowest BCUT2D eigenvalue weighted by Gasteiger charge is -2.12. The number of nitrogens with one attached hydrogen (secondary N) is 3. The third-order valence-corrected chi connectivity index (χ3v) is 4.53. The van der Waals surface area contributed by atoms with Gasteiger partial charge < -0.3 is 16.0 Å². The highest BCUT2D eigenvalue weighted by Crippen LogP contribution is 2.14. The number of rotatable bonds is 6. The Balaban J connectivity index is 0.00000243. The fraction of sp³-hybridized carbons (Fsp3) is 0.278. The van der Waals surface area contributed by atoms with E-state index < -0.39 is 0 Å². The summed E-state index contributed by atoms with van der Waals surface area (Å²) in [5.41, 5.74) is 0.997. The number of fused-ring (bicyclic) bond motifs is 1. The first-order chi connectivity index (χ1) is 12.2. The molecule has 8 heteroatoms. The van der Waals surface area contributed by atoms with E-state index in [0.29, 0.717) is 6.54 Å². The lowest BCUT2D eigenvalue weighted by molar-refractivity contribution is 0.808. The van der Waals surface area contributed by atoms with Gasteiger partial charge in [0, 0.05) is 36.6 Å². The van der Waals surface area contributed by atoms with E-state index in [9.17, 15) is 0 Å². The van der Waals surface area contributed by atoms with Crippen LogP contribution in [0.25, 0.3) is 10.9 Å². The number of hydrogen-bond donors (Lipinski definition) is 3. The molecule has 26 heavy (non-hydrogen) atoms. The third-order valence-electron chi connectivity index (χ3n) is 3.62. The first-order valence-corrected chi connectivity index (χ1v) is 9.02. The van der Waals surface area contributed by atoms with Gasteiger partial charge in [-0.15, -0.1) is 35.3 Å². The van der Waals surface area contributed by atoms with Crippen molar-refractivity contribution >= 4 is 58.0 Å². The molecular weight excluding hydrogens is 459 g/mol. The second-order valence-corrected chi connectivity index (χ2v) is 6.85. The normalized spacial score (nSPS) is 11.1. The summed E-state index contributed by atoms with van der Waals surface area (Å²) >= 11 is 1.69. The van der Waals surface area contributed by atoms with Crippen molar-refractivity contribution in [1.82, 2.24) is 20.6 Å². The van der Waals surface area contributed by atoms with Gasteiger partial charge in [-0.25, -0.2) is 9.97 Å². The second kappa shape index (κ2) is 10.3. The molecule has 3 rings (SSSR count). The van der Waals surface area contributed by atoms with Crippen LogP contribution in [0.3, 0.4) is 0 Å². The summed E-state index contributed by atoms with van der Waals surface area (Å²) in [6, 6.07) is 12.2. The minimum Gasteiger partial charge on any atom is -0.368 e. The highest BCUT2D eigenvalue weighted by molar-refractivity contribution is 14.0. The minimum absolute atomic E-state index is 0. The molecule has 0 aliphatic heterocycles. The number of nitrogens with zero attached hydrogens (tertiary/aromatic N) is 3. The molecule has 2 aromatic heterocycles. The Bertz CT molecular complexity index is 864. The summed E-state index contributed by atoms with van der Waals surface area (Å²) in [7, 11) is 1.76. The van der Waals surface area contributed by atoms with E-state index >= 15 is 0 Å². The molecule has 0 spiro atoms. The molecule has 0 fully saturated rings. The van der Waals surface area contributed by atoms with E-state index in [1.54, 1.807) is 18.4 Å². The molecule has 0 saturated heterocycles. The van der Waals surface area contributed by atoms with Crippen LogP contribution in [-0.2, 0) is 6.54 Å². The monoisotopic (exact) mass is 482 g/mol. The predicted octanol–water partition coefficient (Wildman–Crippen LogP) is 3.39. The Morgan fingerprint density at radius 2 is 1.96 bits per heavy atom. The van der Waals surface area contributed by atoms with Crippen LogP contribution < -0.4 is 16.0 Å². The molecule has 0 aliphatic rings. The fourth-order valence-corrected chi connectivity index (χ4v) is 3.13. The van der Waals surface area contributed by atoms with Gasteiger partial charge in [-0.05, 0) is 25.1 Å². The molecule has 6 nitrogen and oxygen atoms in total. The Kier molecular flexibility index (Phi) is 8.05. The smallest absolute Gasteiger partial charge is 0.191 e. The second-order valence-electron chi connectivity index (χ2n) is 5.53. The number of aromatic nitrogens is 2. The maximum atomic E-state index is 4.60. The number of aliphatic imine (C=N–C) groups is 1. The number of anilines is 1. The first kappa shape index (κ1) is 20.4. The summed E-state index contributed by atoms with van der Waals surface area (Å²) < 4.78 is 0. The number of pyridine rings is 1. The number of guanidine groups is 1. The fourth-order valence-electron chi connectivity index (χ4n) is 2.40. The van der Waals surface area contributed by atoms with Gasteiger partial charge in [0.15, 0.2) is 5.96 Å². The van der Waals surface area contributed by atoms with Crippen LogP contribution >= 0.6 is 35.3 Å². The number of benzene rings is 1. The number of aryl methyl sites for hydroxylation is 1. The SMILES string of the molecule is CN=C(NCCNc1ccc2ccccc2n1)NCc1ncc(C)s1.I. The summed E-state index contributed by atoms with van der Waals surface area (Å²) in [4.78, 5) is 14.4. The molecule has 0 unspecified atom stereocenters. The van der Waals surface area contributed by atoms with Gasteiger partial charge >= 0.3 is 0 Å². The predicted molar refractivity (Wildman–Crippen MR) is 121 cm³/mol. The minimum atomic E-state index is 0. The van der Waals surface area contributed by atoms with Gasteiger partial charge in [-0.2, -0.15) is 0 Å². The van der Waals surface area contributed by atoms with Gasteiger partial charge in [-0.1, -0.05) is 18.2 Å². The van der Waals surface area contributed by atoms with Crippen molar-refractivity contribution in [3.05, 3.63) is 52.5 Å². The average Bonchev–Trinajstić information content (AvgIpc) is 3.06. The molecule has 138 valence electrons. The van der Waals surface area contributed by atoms with Crippen molar-refractivity contribution in [2.75, 3.05) is 25.5 Å². The highest BCUT2D eigenvalue weighted by atomic mass is 127. The van der Waals surface area contributed by atoms with Crippen molar-refractivity contribution < 1.29 is 0 Å². The molecule has 0 aliphatic carbocycles. The number of hydrogen-bond acceptors (Lipinski definition) is 5. The summed E-state index contributed by atoms with van der Waals surface area (Å²) in [5.74, 6) is 1.64. The Morgan fingerprint density at radius 3 is 2.73 bits per heavy atom. The topological polar surface area (TPSA) is 74.2 Å². The average molecular weight is 482 g/mol. The zero-order valence-corrected chi connectivity index (χ0v) is 18.0. The first-order valence-electron chi connectivity index (χ1n) is 8.20. The van der Waals surface area contributed by atoms with Crippen LogP contribution in [0, 0.1) is 6.92 Å². The molecule has 0 bridgehead atoms. The Labute approximate surface area is 174 Å². The van der Waals surface area contributed by atoms with Crippen LogP contribution in [0.2, 0.25) is 0 Å². The van der Waals surface area contributed by atoms with Gasteiger partial charge in [-0.3, -0.25) is 4.99 Å². The van der Waals surface area contributed by atoms with Crippen LogP contribution in [0.15, 0.2) is 47.6 Å². The van der Waals surface area contributed by atoms with Crippen LogP contribution in [0.4, 0.5) is 5.82 Å². The maximum Gasteiger partial charge on any atom is 0.191 e. The van der Waals surface area contributed by atoms with Crippen molar-refractivity contribution in [2.24, 2.45) is 4.99 Å². The molecule has 0 radical (unpaired) electrons. The van der Waals surface area contributed by atoms with Crippen molar-refractivity contribution in [3.63, 3.8) is 0 Å². The summed E-state index contributed by atoms with van der Waals surface area (Å²) in [6.45, 7) is 4.23. The lowest BCUT2D eigenvalue weighted by Crippen LogP contribution is -2.39. The van der Waals surface area contributed by atoms with Crippen LogP contribution in [0.5, 0.6) is 0 Å². The maximum absolute atomic E-state index is 4.60. The zero-order valence-electron chi connectivity index (χ0n) is 14.8. The standard InChI is InChI=1S/C18H22N6S.HI/c1-13-11-22-17(25-13)12-23-18(19-2)21-10-9-20-16-8-7-14-5-3-4-6-15(14)24-16;/h3-8,11H,9-10,12H2,1-2H3,(H,20,24)(H2,19,21,23);1H. The van der Waals surface area contributed by atoms with E-state index in [1.165, 1.54) is 4.88 Å². The molecule has 2 heterocycles. The van der Waals surface area contributed by atoms with Gasteiger partial charge in [0.05, 0.1) is 12.1 Å². The molecule has 0 amide bonds. The van der Waals surface area contributed by atoms with E-state index in [2.05, 4.69) is 50.0 Å². The molecule has 3 aromatic rings. The number of para-hydroxylation sites is 1.